The Kier molecular flexibility index (Phi) is 4.66. The van der Waals surface area contributed by atoms with Gasteiger partial charge in [0.05, 0.1) is 0 Å². The molecule has 0 aliphatic rings. The highest BCUT2D eigenvalue weighted by molar-refractivity contribution is 7.89. The first-order valence-corrected chi connectivity index (χ1v) is 7.66. The van der Waals surface area contributed by atoms with Gasteiger partial charge >= 0.3 is 0 Å². The van der Waals surface area contributed by atoms with E-state index < -0.39 is 20.8 Å². The van der Waals surface area contributed by atoms with Crippen LogP contribution in [0.5, 0.6) is 0 Å². The number of sulfonamides is 1. The van der Waals surface area contributed by atoms with Gasteiger partial charge in [0, 0.05) is 29.4 Å². The molecule has 16 heavy (non-hydrogen) atoms. The third-order valence-electron chi connectivity index (χ3n) is 1.74. The molecule has 8 heteroatoms. The molecule has 1 rings (SSSR count). The normalized spacial score (nSPS) is 13.9. The standard InChI is InChI=1S/C8H13NO5S2/c1-15(11)5-4-9-16(12,13)8-3-2-7(6-10)14-8/h2-3,9-10H,4-6H2,1H3. The lowest BCUT2D eigenvalue weighted by atomic mass is 10.5. The van der Waals surface area contributed by atoms with E-state index in [0.717, 1.165) is 0 Å². The molecule has 92 valence electrons. The van der Waals surface area contributed by atoms with Crippen molar-refractivity contribution in [3.63, 3.8) is 0 Å². The van der Waals surface area contributed by atoms with Gasteiger partial charge in [-0.05, 0) is 12.1 Å². The van der Waals surface area contributed by atoms with Crippen molar-refractivity contribution in [1.29, 1.82) is 0 Å². The maximum Gasteiger partial charge on any atom is 0.273 e. The molecule has 0 amide bonds. The zero-order valence-corrected chi connectivity index (χ0v) is 10.3. The lowest BCUT2D eigenvalue weighted by Crippen LogP contribution is -2.27. The van der Waals surface area contributed by atoms with Gasteiger partial charge in [0.15, 0.2) is 0 Å². The van der Waals surface area contributed by atoms with Crippen LogP contribution < -0.4 is 4.72 Å². The molecule has 2 N–H and O–H groups in total. The summed E-state index contributed by atoms with van der Waals surface area (Å²) in [5.74, 6) is 0.423. The molecule has 0 saturated heterocycles. The van der Waals surface area contributed by atoms with Crippen LogP contribution in [-0.4, -0.2) is 36.3 Å². The minimum absolute atomic E-state index is 0.0839. The van der Waals surface area contributed by atoms with E-state index in [1.165, 1.54) is 18.4 Å². The van der Waals surface area contributed by atoms with Crippen LogP contribution in [0.2, 0.25) is 0 Å². The summed E-state index contributed by atoms with van der Waals surface area (Å²) in [6.07, 6.45) is 1.49. The quantitative estimate of drug-likeness (QED) is 0.719. The summed E-state index contributed by atoms with van der Waals surface area (Å²) in [4.78, 5) is 0. The van der Waals surface area contributed by atoms with E-state index in [4.69, 9.17) is 9.52 Å². The average Bonchev–Trinajstić information content (AvgIpc) is 2.65. The molecule has 1 aromatic rings. The van der Waals surface area contributed by atoms with Crippen LogP contribution in [0.25, 0.3) is 0 Å². The summed E-state index contributed by atoms with van der Waals surface area (Å²) in [5.41, 5.74) is 0. The predicted molar refractivity (Wildman–Crippen MR) is 58.8 cm³/mol. The van der Waals surface area contributed by atoms with Gasteiger partial charge in [-0.25, -0.2) is 13.1 Å². The summed E-state index contributed by atoms with van der Waals surface area (Å²) >= 11 is 0. The van der Waals surface area contributed by atoms with Crippen molar-refractivity contribution >= 4 is 20.8 Å². The van der Waals surface area contributed by atoms with E-state index >= 15 is 0 Å². The van der Waals surface area contributed by atoms with Crippen LogP contribution >= 0.6 is 0 Å². The first-order chi connectivity index (χ1) is 7.45. The Morgan fingerprint density at radius 3 is 2.69 bits per heavy atom. The molecule has 6 nitrogen and oxygen atoms in total. The third-order valence-corrected chi connectivity index (χ3v) is 3.85. The molecule has 0 aliphatic heterocycles. The molecule has 0 radical (unpaired) electrons. The van der Waals surface area contributed by atoms with Gasteiger partial charge in [0.25, 0.3) is 10.0 Å². The van der Waals surface area contributed by atoms with Gasteiger partial charge in [-0.15, -0.1) is 0 Å². The van der Waals surface area contributed by atoms with Crippen molar-refractivity contribution in [1.82, 2.24) is 4.72 Å². The molecule has 0 aromatic carbocycles. The lowest BCUT2D eigenvalue weighted by molar-refractivity contribution is 0.236. The third kappa shape index (κ3) is 3.71. The Hall–Kier alpha value is -0.700. The van der Waals surface area contributed by atoms with Crippen molar-refractivity contribution in [2.45, 2.75) is 11.7 Å². The van der Waals surface area contributed by atoms with Crippen LogP contribution in [0.1, 0.15) is 5.76 Å². The Balaban J connectivity index is 2.66. The first kappa shape index (κ1) is 13.4. The highest BCUT2D eigenvalue weighted by Gasteiger charge is 2.17. The van der Waals surface area contributed by atoms with E-state index in [0.29, 0.717) is 0 Å². The Morgan fingerprint density at radius 2 is 2.19 bits per heavy atom. The number of furan rings is 1. The largest absolute Gasteiger partial charge is 0.446 e. The molecule has 1 atom stereocenters. The van der Waals surface area contributed by atoms with E-state index in [2.05, 4.69) is 4.72 Å². The number of hydrogen-bond acceptors (Lipinski definition) is 5. The molecule has 0 spiro atoms. The molecule has 1 aromatic heterocycles. The Bertz CT molecular complexity index is 465. The number of hydrogen-bond donors (Lipinski definition) is 2. The van der Waals surface area contributed by atoms with E-state index in [9.17, 15) is 12.6 Å². The molecule has 0 saturated carbocycles. The number of nitrogens with one attached hydrogen (secondary N) is 1. The average molecular weight is 267 g/mol. The minimum atomic E-state index is -3.71. The Labute approximate surface area is 96.2 Å². The zero-order valence-electron chi connectivity index (χ0n) is 8.67. The molecule has 1 heterocycles. The van der Waals surface area contributed by atoms with Crippen LogP contribution in [-0.2, 0) is 27.4 Å². The van der Waals surface area contributed by atoms with Crippen LogP contribution in [0.3, 0.4) is 0 Å². The SMILES string of the molecule is CS(=O)CCNS(=O)(=O)c1ccc(CO)o1. The fourth-order valence-corrected chi connectivity index (χ4v) is 2.47. The molecule has 0 fully saturated rings. The molecular formula is C8H13NO5S2. The maximum absolute atomic E-state index is 11.6. The number of rotatable bonds is 6. The van der Waals surface area contributed by atoms with Gasteiger partial charge in [-0.3, -0.25) is 4.21 Å². The van der Waals surface area contributed by atoms with Crippen LogP contribution in [0.4, 0.5) is 0 Å². The van der Waals surface area contributed by atoms with Crippen molar-refractivity contribution < 1.29 is 22.2 Å². The second kappa shape index (κ2) is 5.58. The highest BCUT2D eigenvalue weighted by atomic mass is 32.2. The highest BCUT2D eigenvalue weighted by Crippen LogP contribution is 2.13. The monoisotopic (exact) mass is 267 g/mol. The van der Waals surface area contributed by atoms with Gasteiger partial charge in [0.1, 0.15) is 12.4 Å². The van der Waals surface area contributed by atoms with Crippen molar-refractivity contribution in [2.75, 3.05) is 18.6 Å². The van der Waals surface area contributed by atoms with Crippen molar-refractivity contribution in [2.24, 2.45) is 0 Å². The second-order valence-corrected chi connectivity index (χ2v) is 6.31. The summed E-state index contributed by atoms with van der Waals surface area (Å²) < 4.78 is 41.0. The summed E-state index contributed by atoms with van der Waals surface area (Å²) in [6, 6.07) is 2.64. The second-order valence-electron chi connectivity index (χ2n) is 3.05. The van der Waals surface area contributed by atoms with Gasteiger partial charge in [0.2, 0.25) is 5.09 Å². The van der Waals surface area contributed by atoms with Crippen molar-refractivity contribution in [3.8, 4) is 0 Å². The topological polar surface area (TPSA) is 96.6 Å². The van der Waals surface area contributed by atoms with Gasteiger partial charge in [-0.1, -0.05) is 0 Å². The van der Waals surface area contributed by atoms with E-state index in [-0.39, 0.29) is 29.8 Å². The summed E-state index contributed by atoms with van der Waals surface area (Å²) in [6.45, 7) is -0.269. The van der Waals surface area contributed by atoms with Crippen LogP contribution in [0, 0.1) is 0 Å². The number of aliphatic hydroxyl groups is 1. The molecular weight excluding hydrogens is 254 g/mol. The minimum Gasteiger partial charge on any atom is -0.446 e. The Morgan fingerprint density at radius 1 is 1.50 bits per heavy atom. The summed E-state index contributed by atoms with van der Waals surface area (Å²) in [5, 5.41) is 8.46. The lowest BCUT2D eigenvalue weighted by Gasteiger charge is -2.02. The predicted octanol–water partition coefficient (Wildman–Crippen LogP) is -0.571. The number of aliphatic hydroxyl groups excluding tert-OH is 1. The molecule has 1 unspecified atom stereocenters. The van der Waals surface area contributed by atoms with E-state index in [1.54, 1.807) is 0 Å². The van der Waals surface area contributed by atoms with Gasteiger partial charge in [-0.2, -0.15) is 0 Å². The fourth-order valence-electron chi connectivity index (χ4n) is 0.979. The maximum atomic E-state index is 11.6. The van der Waals surface area contributed by atoms with Gasteiger partial charge < -0.3 is 9.52 Å². The van der Waals surface area contributed by atoms with Crippen molar-refractivity contribution in [3.05, 3.63) is 17.9 Å². The zero-order chi connectivity index (χ0) is 12.2. The molecule has 0 bridgehead atoms. The van der Waals surface area contributed by atoms with E-state index in [1.807, 2.05) is 0 Å². The van der Waals surface area contributed by atoms with Crippen LogP contribution in [0.15, 0.2) is 21.6 Å². The molecule has 0 aliphatic carbocycles. The smallest absolute Gasteiger partial charge is 0.273 e. The first-order valence-electron chi connectivity index (χ1n) is 4.45. The summed E-state index contributed by atoms with van der Waals surface area (Å²) in [7, 11) is -4.76. The fraction of sp³-hybridized carbons (Fsp3) is 0.500.